The van der Waals surface area contributed by atoms with Gasteiger partial charge in [-0.05, 0) is 44.1 Å². The second-order valence-electron chi connectivity index (χ2n) is 5.48. The van der Waals surface area contributed by atoms with Gasteiger partial charge in [0.2, 0.25) is 0 Å². The molecule has 0 radical (unpaired) electrons. The van der Waals surface area contributed by atoms with Gasteiger partial charge >= 0.3 is 0 Å². The SMILES string of the molecule is Cc1cncc(C(O)C2(O)CCC(C)CC2)c1. The quantitative estimate of drug-likeness (QED) is 0.827. The Balaban J connectivity index is 2.16. The van der Waals surface area contributed by atoms with Crippen molar-refractivity contribution in [1.29, 1.82) is 0 Å². The molecule has 2 N–H and O–H groups in total. The molecule has 1 aliphatic carbocycles. The number of aliphatic hydroxyl groups excluding tert-OH is 1. The molecule has 0 aliphatic heterocycles. The van der Waals surface area contributed by atoms with E-state index in [0.29, 0.717) is 18.8 Å². The second-order valence-corrected chi connectivity index (χ2v) is 5.48. The Morgan fingerprint density at radius 1 is 1.35 bits per heavy atom. The Morgan fingerprint density at radius 2 is 2.00 bits per heavy atom. The Labute approximate surface area is 103 Å². The lowest BCUT2D eigenvalue weighted by atomic mass is 9.75. The highest BCUT2D eigenvalue weighted by atomic mass is 16.3. The summed E-state index contributed by atoms with van der Waals surface area (Å²) in [5.74, 6) is 0.651. The monoisotopic (exact) mass is 235 g/mol. The maximum absolute atomic E-state index is 10.5. The van der Waals surface area contributed by atoms with Crippen molar-refractivity contribution in [3.8, 4) is 0 Å². The van der Waals surface area contributed by atoms with Gasteiger partial charge in [0.15, 0.2) is 0 Å². The van der Waals surface area contributed by atoms with Gasteiger partial charge in [0, 0.05) is 18.0 Å². The van der Waals surface area contributed by atoms with Gasteiger partial charge in [0.1, 0.15) is 6.10 Å². The summed E-state index contributed by atoms with van der Waals surface area (Å²) in [7, 11) is 0. The maximum atomic E-state index is 10.5. The van der Waals surface area contributed by atoms with Gasteiger partial charge in [0.25, 0.3) is 0 Å². The summed E-state index contributed by atoms with van der Waals surface area (Å²) in [5, 5.41) is 20.8. The van der Waals surface area contributed by atoms with E-state index < -0.39 is 11.7 Å². The molecule has 94 valence electrons. The van der Waals surface area contributed by atoms with Gasteiger partial charge in [-0.25, -0.2) is 0 Å². The summed E-state index contributed by atoms with van der Waals surface area (Å²) in [6.45, 7) is 4.14. The van der Waals surface area contributed by atoms with Gasteiger partial charge in [-0.15, -0.1) is 0 Å². The van der Waals surface area contributed by atoms with E-state index in [9.17, 15) is 10.2 Å². The fourth-order valence-electron chi connectivity index (χ4n) is 2.57. The van der Waals surface area contributed by atoms with E-state index in [4.69, 9.17) is 0 Å². The van der Waals surface area contributed by atoms with E-state index in [1.165, 1.54) is 0 Å². The summed E-state index contributed by atoms with van der Waals surface area (Å²) in [6.07, 6.45) is 5.88. The summed E-state index contributed by atoms with van der Waals surface area (Å²) < 4.78 is 0. The molecule has 2 rings (SSSR count). The van der Waals surface area contributed by atoms with Gasteiger partial charge < -0.3 is 10.2 Å². The average molecular weight is 235 g/mol. The normalized spacial score (nSPS) is 31.2. The molecule has 3 heteroatoms. The van der Waals surface area contributed by atoms with Crippen molar-refractivity contribution < 1.29 is 10.2 Å². The maximum Gasteiger partial charge on any atom is 0.109 e. The van der Waals surface area contributed by atoms with E-state index in [0.717, 1.165) is 24.0 Å². The molecule has 1 atom stereocenters. The van der Waals surface area contributed by atoms with Crippen LogP contribution in [0.2, 0.25) is 0 Å². The summed E-state index contributed by atoms with van der Waals surface area (Å²) >= 11 is 0. The first-order chi connectivity index (χ1) is 8.01. The molecule has 0 saturated heterocycles. The molecule has 17 heavy (non-hydrogen) atoms. The van der Waals surface area contributed by atoms with Crippen LogP contribution >= 0.6 is 0 Å². The molecular weight excluding hydrogens is 214 g/mol. The van der Waals surface area contributed by atoms with Crippen LogP contribution in [-0.4, -0.2) is 20.8 Å². The standard InChI is InChI=1S/C14H21NO2/c1-10-3-5-14(17,6-4-10)13(16)12-7-11(2)8-15-9-12/h7-10,13,16-17H,3-6H2,1-2H3. The van der Waals surface area contributed by atoms with Crippen molar-refractivity contribution >= 4 is 0 Å². The third kappa shape index (κ3) is 2.67. The fraction of sp³-hybridized carbons (Fsp3) is 0.643. The molecule has 1 saturated carbocycles. The highest BCUT2D eigenvalue weighted by Gasteiger charge is 2.39. The van der Waals surface area contributed by atoms with Gasteiger partial charge in [-0.1, -0.05) is 13.0 Å². The van der Waals surface area contributed by atoms with E-state index in [2.05, 4.69) is 11.9 Å². The molecule has 1 aromatic rings. The zero-order valence-corrected chi connectivity index (χ0v) is 10.6. The predicted molar refractivity (Wildman–Crippen MR) is 66.5 cm³/mol. The van der Waals surface area contributed by atoms with Crippen molar-refractivity contribution in [3.63, 3.8) is 0 Å². The molecule has 0 bridgehead atoms. The van der Waals surface area contributed by atoms with Crippen molar-refractivity contribution in [1.82, 2.24) is 4.98 Å². The van der Waals surface area contributed by atoms with Crippen LogP contribution in [0.3, 0.4) is 0 Å². The number of hydrogen-bond acceptors (Lipinski definition) is 3. The van der Waals surface area contributed by atoms with Crippen LogP contribution in [-0.2, 0) is 0 Å². The molecule has 0 amide bonds. The minimum atomic E-state index is -0.970. The molecule has 1 aliphatic rings. The topological polar surface area (TPSA) is 53.4 Å². The zero-order valence-electron chi connectivity index (χ0n) is 10.6. The van der Waals surface area contributed by atoms with Crippen LogP contribution in [0.4, 0.5) is 0 Å². The molecule has 1 aromatic heterocycles. The number of aliphatic hydroxyl groups is 2. The minimum absolute atomic E-state index is 0.651. The molecule has 1 heterocycles. The number of nitrogens with zero attached hydrogens (tertiary/aromatic N) is 1. The van der Waals surface area contributed by atoms with E-state index in [-0.39, 0.29) is 0 Å². The average Bonchev–Trinajstić information content (AvgIpc) is 2.32. The van der Waals surface area contributed by atoms with Crippen molar-refractivity contribution in [2.75, 3.05) is 0 Å². The molecule has 0 aromatic carbocycles. The Kier molecular flexibility index (Phi) is 3.50. The van der Waals surface area contributed by atoms with Crippen molar-refractivity contribution in [2.24, 2.45) is 5.92 Å². The first kappa shape index (κ1) is 12.5. The van der Waals surface area contributed by atoms with Crippen LogP contribution in [0, 0.1) is 12.8 Å². The van der Waals surface area contributed by atoms with Gasteiger partial charge in [0.05, 0.1) is 5.60 Å². The first-order valence-corrected chi connectivity index (χ1v) is 6.33. The lowest BCUT2D eigenvalue weighted by Gasteiger charge is -2.38. The van der Waals surface area contributed by atoms with E-state index in [1.54, 1.807) is 12.4 Å². The lowest BCUT2D eigenvalue weighted by molar-refractivity contribution is -0.105. The third-order valence-electron chi connectivity index (χ3n) is 3.86. The number of rotatable bonds is 2. The summed E-state index contributed by atoms with van der Waals surface area (Å²) in [5.41, 5.74) is 0.763. The van der Waals surface area contributed by atoms with Crippen molar-refractivity contribution in [3.05, 3.63) is 29.6 Å². The molecule has 1 fully saturated rings. The van der Waals surface area contributed by atoms with Crippen LogP contribution in [0.25, 0.3) is 0 Å². The molecule has 3 nitrogen and oxygen atoms in total. The highest BCUT2D eigenvalue weighted by Crippen LogP contribution is 2.40. The largest absolute Gasteiger partial charge is 0.387 e. The summed E-state index contributed by atoms with van der Waals surface area (Å²) in [6, 6.07) is 1.90. The van der Waals surface area contributed by atoms with E-state index >= 15 is 0 Å². The molecule has 1 unspecified atom stereocenters. The number of aryl methyl sites for hydroxylation is 1. The number of pyridine rings is 1. The van der Waals surface area contributed by atoms with Crippen LogP contribution in [0.1, 0.15) is 49.8 Å². The van der Waals surface area contributed by atoms with Crippen LogP contribution < -0.4 is 0 Å². The van der Waals surface area contributed by atoms with E-state index in [1.807, 2.05) is 13.0 Å². The minimum Gasteiger partial charge on any atom is -0.387 e. The van der Waals surface area contributed by atoms with Gasteiger partial charge in [-0.3, -0.25) is 4.98 Å². The predicted octanol–water partition coefficient (Wildman–Crippen LogP) is 2.36. The van der Waals surface area contributed by atoms with Crippen LogP contribution in [0.15, 0.2) is 18.5 Å². The van der Waals surface area contributed by atoms with Crippen LogP contribution in [0.5, 0.6) is 0 Å². The number of aromatic nitrogens is 1. The van der Waals surface area contributed by atoms with Crippen molar-refractivity contribution in [2.45, 2.75) is 51.2 Å². The lowest BCUT2D eigenvalue weighted by Crippen LogP contribution is -2.39. The Bertz CT molecular complexity index is 384. The number of hydrogen-bond donors (Lipinski definition) is 2. The third-order valence-corrected chi connectivity index (χ3v) is 3.86. The Morgan fingerprint density at radius 3 is 2.59 bits per heavy atom. The van der Waals surface area contributed by atoms with Gasteiger partial charge in [-0.2, -0.15) is 0 Å². The first-order valence-electron chi connectivity index (χ1n) is 6.33. The zero-order chi connectivity index (χ0) is 12.5. The smallest absolute Gasteiger partial charge is 0.109 e. The second kappa shape index (κ2) is 4.75. The highest BCUT2D eigenvalue weighted by molar-refractivity contribution is 5.21. The molecular formula is C14H21NO2. The Hall–Kier alpha value is -0.930. The fourth-order valence-corrected chi connectivity index (χ4v) is 2.57. The molecule has 0 spiro atoms. The summed E-state index contributed by atoms with van der Waals surface area (Å²) in [4.78, 5) is 4.08.